The van der Waals surface area contributed by atoms with E-state index in [9.17, 15) is 9.18 Å². The Labute approximate surface area is 192 Å². The van der Waals surface area contributed by atoms with Gasteiger partial charge in [-0.25, -0.2) is 9.37 Å². The highest BCUT2D eigenvalue weighted by molar-refractivity contribution is 14.1. The maximum absolute atomic E-state index is 13.6. The lowest BCUT2D eigenvalue weighted by Gasteiger charge is -2.14. The van der Waals surface area contributed by atoms with Gasteiger partial charge in [-0.15, -0.1) is 0 Å². The van der Waals surface area contributed by atoms with Gasteiger partial charge < -0.3 is 0 Å². The van der Waals surface area contributed by atoms with Crippen LogP contribution in [0.5, 0.6) is 0 Å². The molecule has 0 saturated carbocycles. The maximum Gasteiger partial charge on any atom is 0.281 e. The van der Waals surface area contributed by atoms with E-state index < -0.39 is 0 Å². The van der Waals surface area contributed by atoms with Crippen LogP contribution in [0.15, 0.2) is 76.3 Å². The first-order valence-electron chi connectivity index (χ1n) is 8.46. The number of fused-ring (bicyclic) bond motifs is 1. The van der Waals surface area contributed by atoms with Crippen molar-refractivity contribution in [1.82, 2.24) is 4.98 Å². The number of halogens is 3. The molecule has 4 aromatic rings. The molecule has 1 heterocycles. The Bertz CT molecular complexity index is 1230. The number of carbonyl (C=O) groups is 1. The quantitative estimate of drug-likeness (QED) is 0.158. The summed E-state index contributed by atoms with van der Waals surface area (Å²) < 4.78 is 16.0. The molecule has 0 aliphatic rings. The van der Waals surface area contributed by atoms with Gasteiger partial charge in [-0.1, -0.05) is 51.5 Å². The largest absolute Gasteiger partial charge is 0.281 e. The Balaban J connectivity index is 1.78. The van der Waals surface area contributed by atoms with E-state index in [1.54, 1.807) is 24.4 Å². The molecule has 4 rings (SSSR count). The van der Waals surface area contributed by atoms with Gasteiger partial charge in [0.15, 0.2) is 0 Å². The third kappa shape index (κ3) is 4.54. The summed E-state index contributed by atoms with van der Waals surface area (Å²) in [6.07, 6.45) is 1.60. The van der Waals surface area contributed by atoms with Crippen molar-refractivity contribution in [2.75, 3.05) is 5.01 Å². The van der Waals surface area contributed by atoms with Gasteiger partial charge in [0.05, 0.1) is 22.0 Å². The van der Waals surface area contributed by atoms with Crippen LogP contribution in [0, 0.1) is 9.39 Å². The second-order valence-electron chi connectivity index (χ2n) is 6.00. The van der Waals surface area contributed by atoms with Crippen molar-refractivity contribution in [3.8, 4) is 0 Å². The van der Waals surface area contributed by atoms with Crippen LogP contribution in [0.4, 0.5) is 9.52 Å². The lowest BCUT2D eigenvalue weighted by Crippen LogP contribution is -2.26. The molecule has 0 fully saturated rings. The molecule has 0 unspecified atom stereocenters. The molecule has 144 valence electrons. The maximum atomic E-state index is 13.6. The summed E-state index contributed by atoms with van der Waals surface area (Å²) in [6, 6.07) is 19.2. The minimum Gasteiger partial charge on any atom is -0.267 e. The summed E-state index contributed by atoms with van der Waals surface area (Å²) in [5.41, 5.74) is 1.97. The number of rotatable bonds is 4. The molecule has 0 N–H and O–H groups in total. The Morgan fingerprint density at radius 1 is 1.14 bits per heavy atom. The average molecular weight is 580 g/mol. The number of anilines is 1. The average Bonchev–Trinajstić information content (AvgIpc) is 3.12. The Hall–Kier alpha value is -2.17. The van der Waals surface area contributed by atoms with Gasteiger partial charge in [-0.05, 0) is 70.6 Å². The van der Waals surface area contributed by atoms with E-state index in [-0.39, 0.29) is 11.7 Å². The van der Waals surface area contributed by atoms with Gasteiger partial charge in [0.25, 0.3) is 5.91 Å². The number of amides is 1. The topological polar surface area (TPSA) is 45.6 Å². The molecule has 0 radical (unpaired) electrons. The van der Waals surface area contributed by atoms with Gasteiger partial charge in [-0.2, -0.15) is 10.1 Å². The number of benzene rings is 3. The van der Waals surface area contributed by atoms with E-state index in [0.717, 1.165) is 13.6 Å². The molecule has 0 saturated heterocycles. The number of aromatic nitrogens is 1. The number of nitrogens with zero attached hydrogens (tertiary/aromatic N) is 3. The van der Waals surface area contributed by atoms with Crippen LogP contribution < -0.4 is 5.01 Å². The third-order valence-electron chi connectivity index (χ3n) is 4.01. The van der Waals surface area contributed by atoms with Crippen LogP contribution in [0.25, 0.3) is 10.2 Å². The van der Waals surface area contributed by atoms with E-state index in [0.29, 0.717) is 20.9 Å². The molecule has 1 aromatic heterocycles. The van der Waals surface area contributed by atoms with Crippen molar-refractivity contribution in [2.24, 2.45) is 5.10 Å². The second kappa shape index (κ2) is 8.68. The predicted molar refractivity (Wildman–Crippen MR) is 127 cm³/mol. The van der Waals surface area contributed by atoms with Crippen LogP contribution in [-0.4, -0.2) is 17.1 Å². The third-order valence-corrected chi connectivity index (χ3v) is 6.47. The van der Waals surface area contributed by atoms with Crippen LogP contribution in [0.1, 0.15) is 15.9 Å². The van der Waals surface area contributed by atoms with E-state index in [1.807, 2.05) is 36.4 Å². The zero-order valence-corrected chi connectivity index (χ0v) is 19.3. The smallest absolute Gasteiger partial charge is 0.267 e. The first-order valence-corrected chi connectivity index (χ1v) is 11.1. The molecule has 29 heavy (non-hydrogen) atoms. The zero-order chi connectivity index (χ0) is 20.4. The Kier molecular flexibility index (Phi) is 6.02. The molecule has 4 nitrogen and oxygen atoms in total. The normalized spacial score (nSPS) is 11.3. The highest BCUT2D eigenvalue weighted by atomic mass is 127. The van der Waals surface area contributed by atoms with Crippen molar-refractivity contribution in [2.45, 2.75) is 0 Å². The van der Waals surface area contributed by atoms with Crippen molar-refractivity contribution >= 4 is 77.3 Å². The van der Waals surface area contributed by atoms with E-state index in [1.165, 1.54) is 28.5 Å². The fraction of sp³-hybridized carbons (Fsp3) is 0. The van der Waals surface area contributed by atoms with Crippen LogP contribution in [0.2, 0.25) is 0 Å². The fourth-order valence-electron chi connectivity index (χ4n) is 2.59. The lowest BCUT2D eigenvalue weighted by atomic mass is 10.2. The van der Waals surface area contributed by atoms with Gasteiger partial charge >= 0.3 is 0 Å². The molecule has 0 aliphatic heterocycles. The predicted octanol–water partition coefficient (Wildman–Crippen LogP) is 6.48. The standard InChI is InChI=1S/C21H12BrFIN3OS/c22-14-7-5-13(6-8-14)12-25-27(20(28)16-3-1-2-4-17(16)24)21-26-18-10-9-15(23)11-19(18)29-21/h1-12H/b25-12+. The number of hydrogen-bond donors (Lipinski definition) is 0. The molecule has 0 bridgehead atoms. The second-order valence-corrected chi connectivity index (χ2v) is 9.09. The molecule has 0 atom stereocenters. The highest BCUT2D eigenvalue weighted by Crippen LogP contribution is 2.31. The number of hydrogen-bond acceptors (Lipinski definition) is 4. The molecular formula is C21H12BrFIN3OS. The van der Waals surface area contributed by atoms with E-state index in [4.69, 9.17) is 0 Å². The minimum atomic E-state index is -0.346. The summed E-state index contributed by atoms with van der Waals surface area (Å²) in [4.78, 5) is 17.8. The first kappa shape index (κ1) is 20.1. The monoisotopic (exact) mass is 579 g/mol. The van der Waals surface area contributed by atoms with Crippen LogP contribution in [0.3, 0.4) is 0 Å². The van der Waals surface area contributed by atoms with Gasteiger partial charge in [0.2, 0.25) is 5.13 Å². The van der Waals surface area contributed by atoms with Crippen molar-refractivity contribution < 1.29 is 9.18 Å². The van der Waals surface area contributed by atoms with Crippen molar-refractivity contribution in [1.29, 1.82) is 0 Å². The van der Waals surface area contributed by atoms with Crippen LogP contribution >= 0.6 is 49.9 Å². The highest BCUT2D eigenvalue weighted by Gasteiger charge is 2.22. The Morgan fingerprint density at radius 2 is 1.90 bits per heavy atom. The molecule has 0 aliphatic carbocycles. The fourth-order valence-corrected chi connectivity index (χ4v) is 4.42. The van der Waals surface area contributed by atoms with Crippen molar-refractivity contribution in [3.63, 3.8) is 0 Å². The van der Waals surface area contributed by atoms with Gasteiger partial charge in [0.1, 0.15) is 5.82 Å². The molecule has 0 spiro atoms. The first-order chi connectivity index (χ1) is 14.0. The number of carbonyl (C=O) groups excluding carboxylic acids is 1. The molecule has 8 heteroatoms. The van der Waals surface area contributed by atoms with E-state index >= 15 is 0 Å². The zero-order valence-electron chi connectivity index (χ0n) is 14.7. The SMILES string of the molecule is O=C(c1ccccc1I)N(/N=C/c1ccc(Br)cc1)c1nc2ccc(F)cc2s1. The number of thiazole rings is 1. The van der Waals surface area contributed by atoms with Crippen molar-refractivity contribution in [3.05, 3.63) is 91.7 Å². The van der Waals surface area contributed by atoms with Crippen LogP contribution in [-0.2, 0) is 0 Å². The summed E-state index contributed by atoms with van der Waals surface area (Å²) >= 11 is 6.74. The summed E-state index contributed by atoms with van der Waals surface area (Å²) in [5, 5.41) is 6.07. The van der Waals surface area contributed by atoms with Gasteiger partial charge in [0, 0.05) is 8.04 Å². The Morgan fingerprint density at radius 3 is 2.66 bits per heavy atom. The molecule has 1 amide bonds. The summed E-state index contributed by atoms with van der Waals surface area (Å²) in [5.74, 6) is -0.649. The summed E-state index contributed by atoms with van der Waals surface area (Å²) in [6.45, 7) is 0. The lowest BCUT2D eigenvalue weighted by molar-refractivity contribution is 0.0987. The van der Waals surface area contributed by atoms with Gasteiger partial charge in [-0.3, -0.25) is 4.79 Å². The number of hydrazone groups is 1. The minimum absolute atomic E-state index is 0.303. The van der Waals surface area contributed by atoms with E-state index in [2.05, 4.69) is 48.6 Å². The molecule has 3 aromatic carbocycles. The molecular weight excluding hydrogens is 568 g/mol. The summed E-state index contributed by atoms with van der Waals surface area (Å²) in [7, 11) is 0.